The Kier molecular flexibility index (Phi) is 13.6. The van der Waals surface area contributed by atoms with Crippen LogP contribution in [0.4, 0.5) is 11.4 Å². The Labute approximate surface area is 202 Å². The van der Waals surface area contributed by atoms with Crippen LogP contribution in [-0.2, 0) is 4.79 Å². The first kappa shape index (κ1) is 28.4. The van der Waals surface area contributed by atoms with Gasteiger partial charge in [0.15, 0.2) is 0 Å². The highest BCUT2D eigenvalue weighted by Gasteiger charge is 2.23. The Bertz CT molecular complexity index is 822. The van der Waals surface area contributed by atoms with Crippen LogP contribution in [0.25, 0.3) is 5.57 Å². The second-order valence-corrected chi connectivity index (χ2v) is 6.97. The molecule has 3 heterocycles. The Morgan fingerprint density at radius 1 is 1.07 bits per heavy atom. The van der Waals surface area contributed by atoms with Crippen LogP contribution in [0.5, 0.6) is 11.8 Å². The first-order chi connectivity index (χ1) is 14.1. The third-order valence-corrected chi connectivity index (χ3v) is 3.45. The molecule has 1 aliphatic heterocycles. The number of ether oxygens (including phenoxy) is 2. The summed E-state index contributed by atoms with van der Waals surface area (Å²) in [5.41, 5.74) is 9.24. The van der Waals surface area contributed by atoms with Gasteiger partial charge in [-0.1, -0.05) is 6.08 Å². The summed E-state index contributed by atoms with van der Waals surface area (Å²) in [4.78, 5) is 17.7. The minimum Gasteiger partial charge on any atom is -0.481 e. The molecule has 2 aromatic rings. The van der Waals surface area contributed by atoms with E-state index in [0.717, 1.165) is 11.4 Å². The van der Waals surface area contributed by atoms with E-state index in [1.54, 1.807) is 32.5 Å². The molecule has 0 saturated heterocycles. The number of rotatable bonds is 2. The SMILES string of the molecule is CC(C)=O.COc1ccc(N)cn1.COc1ccc2c(n1)C(C)=CC(C)(C)N2.II. The van der Waals surface area contributed by atoms with Crippen LogP contribution < -0.4 is 20.5 Å². The Morgan fingerprint density at radius 2 is 1.60 bits per heavy atom. The fraction of sp³-hybridized carbons (Fsp3) is 0.381. The van der Waals surface area contributed by atoms with Crippen molar-refractivity contribution < 1.29 is 14.3 Å². The number of allylic oxidation sites excluding steroid dienone is 1. The van der Waals surface area contributed by atoms with Gasteiger partial charge >= 0.3 is 0 Å². The van der Waals surface area contributed by atoms with Crippen LogP contribution in [0.2, 0.25) is 0 Å². The quantitative estimate of drug-likeness (QED) is 0.405. The summed E-state index contributed by atoms with van der Waals surface area (Å²) < 4.78 is 9.92. The molecule has 7 nitrogen and oxygen atoms in total. The summed E-state index contributed by atoms with van der Waals surface area (Å²) in [7, 11) is 3.20. The van der Waals surface area contributed by atoms with Crippen molar-refractivity contribution in [1.29, 1.82) is 0 Å². The molecule has 2 aromatic heterocycles. The van der Waals surface area contributed by atoms with E-state index in [-0.39, 0.29) is 11.3 Å². The molecular formula is C21H30I2N4O3. The second-order valence-electron chi connectivity index (χ2n) is 6.97. The molecule has 1 aliphatic rings. The lowest BCUT2D eigenvalue weighted by molar-refractivity contribution is -0.114. The summed E-state index contributed by atoms with van der Waals surface area (Å²) in [6.45, 7) is 9.42. The number of pyridine rings is 2. The standard InChI is InChI=1S/C12H16N2O.C6H8N2O.C3H6O.I2/c1-8-7-12(2,3)14-9-5-6-10(15-4)13-11(8)9;1-9-6-3-2-5(7)4-8-6;1-3(2)4;1-2/h5-7,14H,1-4H3;2-4H,7H2,1H3;1-2H3;. The number of nitrogens with one attached hydrogen (secondary N) is 1. The first-order valence-electron chi connectivity index (χ1n) is 8.98. The lowest BCUT2D eigenvalue weighted by Gasteiger charge is -2.30. The molecule has 30 heavy (non-hydrogen) atoms. The molecule has 0 saturated carbocycles. The maximum absolute atomic E-state index is 9.44. The highest BCUT2D eigenvalue weighted by atomic mass is 128. The Balaban J connectivity index is 0.000000477. The molecule has 0 unspecified atom stereocenters. The fourth-order valence-corrected chi connectivity index (χ4v) is 2.46. The number of hydrogen-bond donors (Lipinski definition) is 2. The number of halogens is 2. The minimum absolute atomic E-state index is 0.00660. The zero-order valence-electron chi connectivity index (χ0n) is 18.4. The predicted molar refractivity (Wildman–Crippen MR) is 142 cm³/mol. The molecule has 0 aromatic carbocycles. The van der Waals surface area contributed by atoms with Crippen molar-refractivity contribution in [2.75, 3.05) is 25.3 Å². The number of nitrogens with two attached hydrogens (primary N) is 1. The number of fused-ring (bicyclic) bond motifs is 1. The zero-order valence-corrected chi connectivity index (χ0v) is 22.7. The number of ketones is 1. The van der Waals surface area contributed by atoms with E-state index in [2.05, 4.69) is 79.4 Å². The molecule has 166 valence electrons. The predicted octanol–water partition coefficient (Wildman–Crippen LogP) is 5.74. The van der Waals surface area contributed by atoms with Crippen molar-refractivity contribution in [3.63, 3.8) is 0 Å². The van der Waals surface area contributed by atoms with Crippen molar-refractivity contribution in [3.8, 4) is 11.8 Å². The van der Waals surface area contributed by atoms with Gasteiger partial charge in [-0.25, -0.2) is 9.97 Å². The maximum Gasteiger partial charge on any atom is 0.213 e. The van der Waals surface area contributed by atoms with E-state index in [1.807, 2.05) is 12.1 Å². The number of Topliss-reactive ketones (excluding diaryl/α,β-unsaturated/α-hetero) is 1. The van der Waals surface area contributed by atoms with Crippen molar-refractivity contribution in [2.45, 2.75) is 40.2 Å². The molecule has 0 bridgehead atoms. The van der Waals surface area contributed by atoms with Gasteiger partial charge in [-0.15, -0.1) is 0 Å². The molecule has 0 aliphatic carbocycles. The number of nitrogen functional groups attached to an aromatic ring is 1. The summed E-state index contributed by atoms with van der Waals surface area (Å²) in [6.07, 6.45) is 3.74. The fourth-order valence-electron chi connectivity index (χ4n) is 2.46. The number of carbonyl (C=O) groups is 1. The molecule has 0 atom stereocenters. The van der Waals surface area contributed by atoms with Gasteiger partial charge in [0, 0.05) is 49.4 Å². The van der Waals surface area contributed by atoms with E-state index >= 15 is 0 Å². The van der Waals surface area contributed by atoms with Crippen LogP contribution in [0.3, 0.4) is 0 Å². The summed E-state index contributed by atoms with van der Waals surface area (Å²) >= 11 is 4.24. The number of methoxy groups -OCH3 is 2. The molecule has 0 radical (unpaired) electrons. The Hall–Kier alpha value is -1.63. The number of hydrogen-bond acceptors (Lipinski definition) is 7. The van der Waals surface area contributed by atoms with E-state index < -0.39 is 0 Å². The highest BCUT2D eigenvalue weighted by Crippen LogP contribution is 2.33. The molecule has 0 spiro atoms. The molecule has 3 N–H and O–H groups in total. The lowest BCUT2D eigenvalue weighted by atomic mass is 9.94. The van der Waals surface area contributed by atoms with Crippen molar-refractivity contribution in [1.82, 2.24) is 9.97 Å². The molecular weight excluding hydrogens is 610 g/mol. The Morgan fingerprint density at radius 3 is 2.07 bits per heavy atom. The van der Waals surface area contributed by atoms with Crippen molar-refractivity contribution in [3.05, 3.63) is 42.2 Å². The van der Waals surface area contributed by atoms with Gasteiger partial charge in [-0.2, -0.15) is 0 Å². The van der Waals surface area contributed by atoms with Gasteiger partial charge < -0.3 is 25.3 Å². The molecule has 3 rings (SSSR count). The van der Waals surface area contributed by atoms with Crippen molar-refractivity contribution >= 4 is 60.0 Å². The highest BCUT2D eigenvalue weighted by molar-refractivity contribution is 15.0. The molecule has 0 amide bonds. The number of anilines is 2. The summed E-state index contributed by atoms with van der Waals surface area (Å²) in [6, 6.07) is 7.35. The largest absolute Gasteiger partial charge is 0.481 e. The smallest absolute Gasteiger partial charge is 0.213 e. The van der Waals surface area contributed by atoms with Crippen LogP contribution >= 0.6 is 37.2 Å². The van der Waals surface area contributed by atoms with E-state index in [9.17, 15) is 4.79 Å². The van der Waals surface area contributed by atoms with Gasteiger partial charge in [0.25, 0.3) is 0 Å². The van der Waals surface area contributed by atoms with E-state index in [1.165, 1.54) is 19.4 Å². The second kappa shape index (κ2) is 14.4. The van der Waals surface area contributed by atoms with Crippen LogP contribution in [0.1, 0.15) is 40.3 Å². The van der Waals surface area contributed by atoms with E-state index in [0.29, 0.717) is 17.4 Å². The van der Waals surface area contributed by atoms with Crippen LogP contribution in [-0.4, -0.2) is 35.5 Å². The first-order valence-corrected chi connectivity index (χ1v) is 15.3. The maximum atomic E-state index is 9.44. The summed E-state index contributed by atoms with van der Waals surface area (Å²) in [5, 5.41) is 3.42. The van der Waals surface area contributed by atoms with Gasteiger partial charge in [0.1, 0.15) is 5.78 Å². The third-order valence-electron chi connectivity index (χ3n) is 3.45. The lowest BCUT2D eigenvalue weighted by Crippen LogP contribution is -2.31. The van der Waals surface area contributed by atoms with Crippen molar-refractivity contribution in [2.24, 2.45) is 0 Å². The zero-order chi connectivity index (χ0) is 23.3. The van der Waals surface area contributed by atoms with Gasteiger partial charge in [-0.3, -0.25) is 0 Å². The average molecular weight is 640 g/mol. The number of aromatic nitrogens is 2. The van der Waals surface area contributed by atoms with Gasteiger partial charge in [0.2, 0.25) is 11.8 Å². The topological polar surface area (TPSA) is 99.4 Å². The van der Waals surface area contributed by atoms with Gasteiger partial charge in [-0.05, 0) is 52.3 Å². The van der Waals surface area contributed by atoms with Crippen LogP contribution in [0.15, 0.2) is 36.5 Å². The molecule has 0 fully saturated rings. The van der Waals surface area contributed by atoms with Crippen LogP contribution in [0, 0.1) is 0 Å². The number of nitrogens with zero attached hydrogens (tertiary/aromatic N) is 2. The average Bonchev–Trinajstić information content (AvgIpc) is 2.69. The summed E-state index contributed by atoms with van der Waals surface area (Å²) in [5.74, 6) is 1.41. The molecule has 9 heteroatoms. The number of carbonyl (C=O) groups excluding carboxylic acids is 1. The van der Waals surface area contributed by atoms with E-state index in [4.69, 9.17) is 15.2 Å². The monoisotopic (exact) mass is 640 g/mol. The van der Waals surface area contributed by atoms with Gasteiger partial charge in [0.05, 0.1) is 43.0 Å². The normalized spacial score (nSPS) is 12.5. The third kappa shape index (κ3) is 11.0. The minimum atomic E-state index is -0.00660.